The van der Waals surface area contributed by atoms with Crippen molar-refractivity contribution in [3.05, 3.63) is 73.6 Å². The van der Waals surface area contributed by atoms with Gasteiger partial charge in [-0.25, -0.2) is 0 Å². The predicted octanol–water partition coefficient (Wildman–Crippen LogP) is 4.22. The third-order valence-corrected chi connectivity index (χ3v) is 5.57. The highest BCUT2D eigenvalue weighted by Crippen LogP contribution is 2.32. The first-order chi connectivity index (χ1) is 16.4. The molecule has 0 aliphatic carbocycles. The highest BCUT2D eigenvalue weighted by molar-refractivity contribution is 6.01. The maximum atomic E-state index is 11.9. The second-order valence-corrected chi connectivity index (χ2v) is 8.09. The van der Waals surface area contributed by atoms with Crippen LogP contribution in [-0.4, -0.2) is 44.2 Å². The molecule has 0 spiro atoms. The number of nitrogens with zero attached hydrogens (tertiary/aromatic N) is 6. The molecule has 0 radical (unpaired) electrons. The third kappa shape index (κ3) is 3.73. The SMILES string of the molecule is C=CC(=O)Nc1cc(Nc2nc(-c3cn(C)c4ccccc34)n3nccc3n2)ccc1N(C)C. The van der Waals surface area contributed by atoms with E-state index in [1.54, 1.807) is 10.7 Å². The van der Waals surface area contributed by atoms with Crippen LogP contribution < -0.4 is 15.5 Å². The first-order valence-electron chi connectivity index (χ1n) is 10.7. The Morgan fingerprint density at radius 3 is 2.74 bits per heavy atom. The van der Waals surface area contributed by atoms with Gasteiger partial charge in [0.25, 0.3) is 0 Å². The molecule has 0 atom stereocenters. The van der Waals surface area contributed by atoms with Crippen molar-refractivity contribution in [2.24, 2.45) is 7.05 Å². The number of benzene rings is 2. The minimum absolute atomic E-state index is 0.282. The highest BCUT2D eigenvalue weighted by atomic mass is 16.1. The smallest absolute Gasteiger partial charge is 0.247 e. The number of amides is 1. The molecule has 0 fully saturated rings. The molecule has 0 saturated heterocycles. The number of aryl methyl sites for hydroxylation is 1. The van der Waals surface area contributed by atoms with Gasteiger partial charge in [0.1, 0.15) is 0 Å². The molecule has 9 heteroatoms. The lowest BCUT2D eigenvalue weighted by Gasteiger charge is -2.19. The summed E-state index contributed by atoms with van der Waals surface area (Å²) >= 11 is 0. The van der Waals surface area contributed by atoms with Crippen molar-refractivity contribution in [1.29, 1.82) is 0 Å². The minimum Gasteiger partial charge on any atom is -0.376 e. The summed E-state index contributed by atoms with van der Waals surface area (Å²) in [6.07, 6.45) is 5.00. The summed E-state index contributed by atoms with van der Waals surface area (Å²) in [5.74, 6) is 0.823. The van der Waals surface area contributed by atoms with Crippen molar-refractivity contribution in [3.63, 3.8) is 0 Å². The number of nitrogens with one attached hydrogen (secondary N) is 2. The number of rotatable bonds is 6. The van der Waals surface area contributed by atoms with E-state index >= 15 is 0 Å². The Bertz CT molecular complexity index is 1550. The molecular formula is C25H24N8O. The van der Waals surface area contributed by atoms with Gasteiger partial charge in [-0.2, -0.15) is 19.6 Å². The van der Waals surface area contributed by atoms with E-state index in [0.29, 0.717) is 23.1 Å². The lowest BCUT2D eigenvalue weighted by Crippen LogP contribution is -2.15. The molecular weight excluding hydrogens is 428 g/mol. The summed E-state index contributed by atoms with van der Waals surface area (Å²) in [6.45, 7) is 3.54. The summed E-state index contributed by atoms with van der Waals surface area (Å²) in [7, 11) is 5.84. The third-order valence-electron chi connectivity index (χ3n) is 5.57. The zero-order valence-corrected chi connectivity index (χ0v) is 19.1. The Morgan fingerprint density at radius 2 is 1.94 bits per heavy atom. The van der Waals surface area contributed by atoms with Gasteiger partial charge in [0, 0.05) is 55.6 Å². The molecule has 3 aromatic heterocycles. The molecule has 0 aliphatic rings. The summed E-state index contributed by atoms with van der Waals surface area (Å²) < 4.78 is 3.81. The van der Waals surface area contributed by atoms with Gasteiger partial charge in [0.2, 0.25) is 11.9 Å². The van der Waals surface area contributed by atoms with E-state index in [-0.39, 0.29) is 5.91 Å². The number of fused-ring (bicyclic) bond motifs is 2. The van der Waals surface area contributed by atoms with Crippen molar-refractivity contribution >= 4 is 45.5 Å². The molecule has 0 unspecified atom stereocenters. The Labute approximate surface area is 196 Å². The van der Waals surface area contributed by atoms with Crippen LogP contribution in [0.5, 0.6) is 0 Å². The van der Waals surface area contributed by atoms with Crippen LogP contribution in [-0.2, 0) is 11.8 Å². The number of hydrogen-bond donors (Lipinski definition) is 2. The second-order valence-electron chi connectivity index (χ2n) is 8.09. The van der Waals surface area contributed by atoms with Gasteiger partial charge < -0.3 is 20.1 Å². The van der Waals surface area contributed by atoms with Gasteiger partial charge in [-0.3, -0.25) is 4.79 Å². The van der Waals surface area contributed by atoms with E-state index in [1.807, 2.05) is 68.6 Å². The van der Waals surface area contributed by atoms with Crippen LogP contribution in [0.2, 0.25) is 0 Å². The zero-order chi connectivity index (χ0) is 23.8. The Balaban J connectivity index is 1.59. The monoisotopic (exact) mass is 452 g/mol. The summed E-state index contributed by atoms with van der Waals surface area (Å²) in [5.41, 5.74) is 4.99. The van der Waals surface area contributed by atoms with Crippen LogP contribution in [0, 0.1) is 0 Å². The molecule has 170 valence electrons. The van der Waals surface area contributed by atoms with Crippen LogP contribution in [0.25, 0.3) is 27.9 Å². The quantitative estimate of drug-likeness (QED) is 0.375. The Hall–Kier alpha value is -4.66. The first kappa shape index (κ1) is 21.2. The van der Waals surface area contributed by atoms with Crippen molar-refractivity contribution in [3.8, 4) is 11.4 Å². The summed E-state index contributed by atoms with van der Waals surface area (Å²) in [5, 5.41) is 11.7. The first-order valence-corrected chi connectivity index (χ1v) is 10.7. The number of carbonyl (C=O) groups excluding carboxylic acids is 1. The molecule has 34 heavy (non-hydrogen) atoms. The van der Waals surface area contributed by atoms with Crippen molar-refractivity contribution in [2.75, 3.05) is 29.6 Å². The largest absolute Gasteiger partial charge is 0.376 e. The zero-order valence-electron chi connectivity index (χ0n) is 19.1. The Kier molecular flexibility index (Phi) is 5.21. The molecule has 2 N–H and O–H groups in total. The molecule has 9 nitrogen and oxygen atoms in total. The van der Waals surface area contributed by atoms with Crippen LogP contribution in [0.15, 0.2) is 73.6 Å². The second kappa shape index (κ2) is 8.36. The van der Waals surface area contributed by atoms with Gasteiger partial charge in [-0.05, 0) is 30.3 Å². The summed E-state index contributed by atoms with van der Waals surface area (Å²) in [6, 6.07) is 15.7. The molecule has 5 aromatic rings. The van der Waals surface area contributed by atoms with Gasteiger partial charge in [-0.1, -0.05) is 24.8 Å². The van der Waals surface area contributed by atoms with E-state index in [1.165, 1.54) is 6.08 Å². The highest BCUT2D eigenvalue weighted by Gasteiger charge is 2.16. The lowest BCUT2D eigenvalue weighted by molar-refractivity contribution is -0.111. The minimum atomic E-state index is -0.282. The van der Waals surface area contributed by atoms with Crippen molar-refractivity contribution in [1.82, 2.24) is 24.1 Å². The average Bonchev–Trinajstić information content (AvgIpc) is 3.43. The molecule has 5 rings (SSSR count). The van der Waals surface area contributed by atoms with E-state index in [4.69, 9.17) is 4.98 Å². The van der Waals surface area contributed by atoms with Gasteiger partial charge >= 0.3 is 0 Å². The van der Waals surface area contributed by atoms with Gasteiger partial charge in [-0.15, -0.1) is 0 Å². The summed E-state index contributed by atoms with van der Waals surface area (Å²) in [4.78, 5) is 23.3. The molecule has 2 aromatic carbocycles. The van der Waals surface area contributed by atoms with Crippen LogP contribution in [0.1, 0.15) is 0 Å². The fraction of sp³-hybridized carbons (Fsp3) is 0.120. The van der Waals surface area contributed by atoms with Gasteiger partial charge in [0.15, 0.2) is 11.5 Å². The number of aromatic nitrogens is 5. The van der Waals surface area contributed by atoms with E-state index in [9.17, 15) is 4.79 Å². The molecule has 0 saturated carbocycles. The number of para-hydroxylation sites is 1. The number of carbonyl (C=O) groups is 1. The topological polar surface area (TPSA) is 92.4 Å². The Morgan fingerprint density at radius 1 is 1.12 bits per heavy atom. The molecule has 0 bridgehead atoms. The van der Waals surface area contributed by atoms with E-state index in [0.717, 1.165) is 27.8 Å². The standard InChI is InChI=1S/C25H24N8O/c1-5-23(34)28-19-14-16(10-11-21(19)31(2)3)27-25-29-22-12-13-26-33(22)24(30-25)18-15-32(4)20-9-7-6-8-17(18)20/h5-15H,1H2,2-4H3,(H,27,29)(H,28,34). The van der Waals surface area contributed by atoms with E-state index in [2.05, 4.69) is 44.0 Å². The maximum Gasteiger partial charge on any atom is 0.247 e. The normalized spacial score (nSPS) is 11.0. The average molecular weight is 453 g/mol. The fourth-order valence-electron chi connectivity index (χ4n) is 3.99. The van der Waals surface area contributed by atoms with E-state index < -0.39 is 0 Å². The lowest BCUT2D eigenvalue weighted by atomic mass is 10.1. The van der Waals surface area contributed by atoms with Crippen molar-refractivity contribution < 1.29 is 4.79 Å². The van der Waals surface area contributed by atoms with Crippen molar-refractivity contribution in [2.45, 2.75) is 0 Å². The van der Waals surface area contributed by atoms with Crippen LogP contribution >= 0.6 is 0 Å². The van der Waals surface area contributed by atoms with Gasteiger partial charge in [0.05, 0.1) is 17.6 Å². The number of hydrogen-bond acceptors (Lipinski definition) is 6. The van der Waals surface area contributed by atoms with Crippen LogP contribution in [0.3, 0.4) is 0 Å². The maximum absolute atomic E-state index is 11.9. The molecule has 3 heterocycles. The fourth-order valence-corrected chi connectivity index (χ4v) is 3.99. The molecule has 0 aliphatic heterocycles. The predicted molar refractivity (Wildman–Crippen MR) is 136 cm³/mol. The van der Waals surface area contributed by atoms with Crippen LogP contribution in [0.4, 0.5) is 23.0 Å². The number of anilines is 4. The molecule has 1 amide bonds.